The van der Waals surface area contributed by atoms with E-state index in [9.17, 15) is 13.2 Å². The number of rotatable bonds is 4. The van der Waals surface area contributed by atoms with E-state index in [0.717, 1.165) is 29.1 Å². The molecule has 0 fully saturated rings. The molecule has 0 aliphatic carbocycles. The fraction of sp³-hybridized carbons (Fsp3) is 0.364. The highest BCUT2D eigenvalue weighted by Crippen LogP contribution is 2.33. The molecule has 1 N–H and O–H groups in total. The first-order chi connectivity index (χ1) is 8.50. The Morgan fingerprint density at radius 1 is 1.39 bits per heavy atom. The highest BCUT2D eigenvalue weighted by molar-refractivity contribution is 7.98. The van der Waals surface area contributed by atoms with Crippen LogP contribution in [0.1, 0.15) is 5.56 Å². The number of halogens is 3. The van der Waals surface area contributed by atoms with Gasteiger partial charge in [0.1, 0.15) is 0 Å². The molecule has 0 radical (unpaired) electrons. The quantitative estimate of drug-likeness (QED) is 0.859. The van der Waals surface area contributed by atoms with Gasteiger partial charge in [-0.3, -0.25) is 0 Å². The van der Waals surface area contributed by atoms with Gasteiger partial charge >= 0.3 is 6.18 Å². The van der Waals surface area contributed by atoms with Crippen molar-refractivity contribution in [1.82, 2.24) is 4.98 Å². The molecular weight excluding hydrogens is 281 g/mol. The minimum absolute atomic E-state index is 0.390. The minimum Gasteiger partial charge on any atom is -0.361 e. The first kappa shape index (κ1) is 13.5. The maximum Gasteiger partial charge on any atom is 0.416 e. The van der Waals surface area contributed by atoms with Gasteiger partial charge in [0.2, 0.25) is 0 Å². The summed E-state index contributed by atoms with van der Waals surface area (Å²) in [5.41, 5.74) is -0.266. The highest BCUT2D eigenvalue weighted by atomic mass is 32.2. The molecule has 0 bridgehead atoms. The first-order valence-corrected chi connectivity index (χ1v) is 7.42. The molecule has 18 heavy (non-hydrogen) atoms. The van der Waals surface area contributed by atoms with Crippen LogP contribution in [0.25, 0.3) is 10.2 Å². The Morgan fingerprint density at radius 2 is 2.17 bits per heavy atom. The van der Waals surface area contributed by atoms with Crippen molar-refractivity contribution < 1.29 is 13.2 Å². The molecule has 98 valence electrons. The number of aromatic nitrogens is 1. The largest absolute Gasteiger partial charge is 0.416 e. The van der Waals surface area contributed by atoms with Crippen LogP contribution >= 0.6 is 23.1 Å². The number of alkyl halides is 3. The molecule has 0 unspecified atom stereocenters. The molecule has 2 aromatic rings. The number of thioether (sulfide) groups is 1. The van der Waals surface area contributed by atoms with E-state index in [0.29, 0.717) is 10.6 Å². The molecule has 0 saturated heterocycles. The second kappa shape index (κ2) is 5.36. The van der Waals surface area contributed by atoms with Gasteiger partial charge < -0.3 is 5.32 Å². The van der Waals surface area contributed by atoms with Crippen molar-refractivity contribution in [2.75, 3.05) is 23.9 Å². The Hall–Kier alpha value is -0.950. The van der Waals surface area contributed by atoms with Crippen molar-refractivity contribution in [3.8, 4) is 0 Å². The standard InChI is InChI=1S/C11H11F3N2S2/c1-17-5-4-15-10-16-8-6-7(11(12,13)14)2-3-9(8)18-10/h2-3,6H,4-5H2,1H3,(H,15,16). The van der Waals surface area contributed by atoms with Crippen LogP contribution in [0.4, 0.5) is 18.3 Å². The van der Waals surface area contributed by atoms with Crippen molar-refractivity contribution in [3.63, 3.8) is 0 Å². The summed E-state index contributed by atoms with van der Waals surface area (Å²) in [6, 6.07) is 3.65. The molecule has 0 saturated carbocycles. The Bertz CT molecular complexity index is 537. The number of nitrogens with one attached hydrogen (secondary N) is 1. The molecule has 1 aromatic carbocycles. The van der Waals surface area contributed by atoms with E-state index in [-0.39, 0.29) is 0 Å². The summed E-state index contributed by atoms with van der Waals surface area (Å²) in [6.07, 6.45) is -2.32. The molecule has 7 heteroatoms. The number of fused-ring (bicyclic) bond motifs is 1. The molecule has 0 spiro atoms. The number of nitrogens with zero attached hydrogens (tertiary/aromatic N) is 1. The Labute approximate surface area is 111 Å². The summed E-state index contributed by atoms with van der Waals surface area (Å²) in [4.78, 5) is 4.16. The number of hydrogen-bond donors (Lipinski definition) is 1. The van der Waals surface area contributed by atoms with Gasteiger partial charge in [-0.05, 0) is 24.5 Å². The number of thiazole rings is 1. The third-order valence-corrected chi connectivity index (χ3v) is 3.90. The molecular formula is C11H11F3N2S2. The molecule has 0 aliphatic rings. The first-order valence-electron chi connectivity index (χ1n) is 5.21. The Morgan fingerprint density at radius 3 is 2.83 bits per heavy atom. The average molecular weight is 292 g/mol. The van der Waals surface area contributed by atoms with Gasteiger partial charge in [0.25, 0.3) is 0 Å². The van der Waals surface area contributed by atoms with Gasteiger partial charge in [0, 0.05) is 12.3 Å². The third-order valence-electron chi connectivity index (χ3n) is 2.30. The SMILES string of the molecule is CSCCNc1nc2cc(C(F)(F)F)ccc2s1. The summed E-state index contributed by atoms with van der Waals surface area (Å²) in [5, 5.41) is 3.76. The van der Waals surface area contributed by atoms with Gasteiger partial charge in [-0.2, -0.15) is 24.9 Å². The summed E-state index contributed by atoms with van der Waals surface area (Å²) < 4.78 is 38.3. The lowest BCUT2D eigenvalue weighted by atomic mass is 10.2. The van der Waals surface area contributed by atoms with Crippen LogP contribution in [0.3, 0.4) is 0 Å². The fourth-order valence-corrected chi connectivity index (χ4v) is 2.62. The summed E-state index contributed by atoms with van der Waals surface area (Å²) in [7, 11) is 0. The van der Waals surface area contributed by atoms with Gasteiger partial charge in [-0.15, -0.1) is 0 Å². The molecule has 1 heterocycles. The van der Waals surface area contributed by atoms with Crippen LogP contribution in [0, 0.1) is 0 Å². The Kier molecular flexibility index (Phi) is 4.01. The molecule has 0 atom stereocenters. The van der Waals surface area contributed by atoms with Gasteiger partial charge in [0.15, 0.2) is 5.13 Å². The normalized spacial score (nSPS) is 12.0. The number of hydrogen-bond acceptors (Lipinski definition) is 4. The molecule has 1 aromatic heterocycles. The maximum absolute atomic E-state index is 12.5. The van der Waals surface area contributed by atoms with Crippen LogP contribution in [-0.2, 0) is 6.18 Å². The lowest BCUT2D eigenvalue weighted by molar-refractivity contribution is -0.137. The van der Waals surface area contributed by atoms with Gasteiger partial charge in [-0.1, -0.05) is 11.3 Å². The predicted octanol–water partition coefficient (Wildman–Crippen LogP) is 4.09. The summed E-state index contributed by atoms with van der Waals surface area (Å²) >= 11 is 3.07. The lowest BCUT2D eigenvalue weighted by Gasteiger charge is -2.04. The lowest BCUT2D eigenvalue weighted by Crippen LogP contribution is -2.04. The van der Waals surface area contributed by atoms with Crippen molar-refractivity contribution in [3.05, 3.63) is 23.8 Å². The van der Waals surface area contributed by atoms with Crippen LogP contribution in [0.15, 0.2) is 18.2 Å². The molecule has 2 nitrogen and oxygen atoms in total. The zero-order valence-corrected chi connectivity index (χ0v) is 11.2. The predicted molar refractivity (Wildman–Crippen MR) is 71.5 cm³/mol. The summed E-state index contributed by atoms with van der Waals surface area (Å²) in [6.45, 7) is 0.757. The maximum atomic E-state index is 12.5. The number of benzene rings is 1. The monoisotopic (exact) mass is 292 g/mol. The summed E-state index contributed by atoms with van der Waals surface area (Å²) in [5.74, 6) is 0.934. The second-order valence-electron chi connectivity index (χ2n) is 3.62. The van der Waals surface area contributed by atoms with Crippen LogP contribution in [0.5, 0.6) is 0 Å². The van der Waals surface area contributed by atoms with E-state index < -0.39 is 11.7 Å². The average Bonchev–Trinajstić information content (AvgIpc) is 2.69. The van der Waals surface area contributed by atoms with E-state index in [4.69, 9.17) is 0 Å². The zero-order chi connectivity index (χ0) is 13.2. The minimum atomic E-state index is -4.32. The third kappa shape index (κ3) is 3.08. The van der Waals surface area contributed by atoms with E-state index in [1.807, 2.05) is 6.26 Å². The molecule has 0 aliphatic heterocycles. The zero-order valence-electron chi connectivity index (χ0n) is 9.54. The van der Waals surface area contributed by atoms with Gasteiger partial charge in [-0.25, -0.2) is 4.98 Å². The van der Waals surface area contributed by atoms with Crippen molar-refractivity contribution >= 4 is 38.4 Å². The number of anilines is 1. The van der Waals surface area contributed by atoms with Crippen molar-refractivity contribution in [2.45, 2.75) is 6.18 Å². The molecule has 2 rings (SSSR count). The molecule has 0 amide bonds. The topological polar surface area (TPSA) is 24.9 Å². The van der Waals surface area contributed by atoms with Crippen LogP contribution < -0.4 is 5.32 Å². The van der Waals surface area contributed by atoms with E-state index in [2.05, 4.69) is 10.3 Å². The Balaban J connectivity index is 2.23. The van der Waals surface area contributed by atoms with E-state index >= 15 is 0 Å². The van der Waals surface area contributed by atoms with Gasteiger partial charge in [0.05, 0.1) is 15.8 Å². The highest BCUT2D eigenvalue weighted by Gasteiger charge is 2.30. The van der Waals surface area contributed by atoms with Crippen molar-refractivity contribution in [1.29, 1.82) is 0 Å². The van der Waals surface area contributed by atoms with Crippen LogP contribution in [0.2, 0.25) is 0 Å². The van der Waals surface area contributed by atoms with Crippen molar-refractivity contribution in [2.24, 2.45) is 0 Å². The smallest absolute Gasteiger partial charge is 0.361 e. The van der Waals surface area contributed by atoms with Crippen LogP contribution in [-0.4, -0.2) is 23.5 Å². The van der Waals surface area contributed by atoms with E-state index in [1.165, 1.54) is 17.4 Å². The van der Waals surface area contributed by atoms with E-state index in [1.54, 1.807) is 11.8 Å². The second-order valence-corrected chi connectivity index (χ2v) is 5.64. The fourth-order valence-electron chi connectivity index (χ4n) is 1.44.